The SMILES string of the molecule is CCCCOC(=O)CCOCCCc1c(Oc2ccc(F)c(-c3ncc(C(C)(c4cccc(CCC(=O)OCC)c4)C(O)C[N+](=O)[O-])[nH]3)c2)c(F)cc2[nH]ccc12. The quantitative estimate of drug-likeness (QED) is 0.0272. The van der Waals surface area contributed by atoms with E-state index in [4.69, 9.17) is 18.9 Å². The predicted molar refractivity (Wildman–Crippen MR) is 208 cm³/mol. The number of fused-ring (bicyclic) bond motifs is 1. The summed E-state index contributed by atoms with van der Waals surface area (Å²) in [6.07, 6.45) is 4.72. The van der Waals surface area contributed by atoms with E-state index in [-0.39, 0.29) is 66.6 Å². The Hall–Kier alpha value is -5.67. The van der Waals surface area contributed by atoms with Crippen molar-refractivity contribution in [2.45, 2.75) is 77.2 Å². The van der Waals surface area contributed by atoms with E-state index in [0.29, 0.717) is 49.1 Å². The summed E-state index contributed by atoms with van der Waals surface area (Å²) >= 11 is 0. The zero-order chi connectivity index (χ0) is 41.0. The summed E-state index contributed by atoms with van der Waals surface area (Å²) in [6.45, 7) is 5.69. The first-order valence-electron chi connectivity index (χ1n) is 19.0. The maximum absolute atomic E-state index is 15.7. The van der Waals surface area contributed by atoms with Crippen molar-refractivity contribution in [2.75, 3.05) is 33.0 Å². The normalized spacial score (nSPS) is 12.9. The van der Waals surface area contributed by atoms with Crippen LogP contribution < -0.4 is 4.74 Å². The second kappa shape index (κ2) is 20.0. The number of benzene rings is 3. The smallest absolute Gasteiger partial charge is 0.308 e. The first-order chi connectivity index (χ1) is 27.4. The number of aliphatic hydroxyl groups is 1. The molecule has 5 aromatic rings. The van der Waals surface area contributed by atoms with E-state index in [0.717, 1.165) is 29.9 Å². The Kier molecular flexibility index (Phi) is 14.9. The van der Waals surface area contributed by atoms with Gasteiger partial charge < -0.3 is 34.0 Å². The van der Waals surface area contributed by atoms with E-state index in [1.54, 1.807) is 44.3 Å². The van der Waals surface area contributed by atoms with Crippen molar-refractivity contribution in [3.8, 4) is 22.9 Å². The van der Waals surface area contributed by atoms with Crippen molar-refractivity contribution < 1.29 is 47.3 Å². The van der Waals surface area contributed by atoms with Gasteiger partial charge in [-0.25, -0.2) is 13.8 Å². The Bertz CT molecular complexity index is 2150. The molecule has 0 aliphatic heterocycles. The lowest BCUT2D eigenvalue weighted by atomic mass is 9.74. The molecule has 13 nitrogen and oxygen atoms in total. The van der Waals surface area contributed by atoms with Crippen LogP contribution in [0.3, 0.4) is 0 Å². The third-order valence-electron chi connectivity index (χ3n) is 9.78. The molecule has 57 heavy (non-hydrogen) atoms. The standard InChI is InChI=1S/C42H48F2N4O9/c1-4-6-20-56-39(51)17-21-54-19-8-11-31-30-16-18-45-35(30)24-34(44)40(31)57-29-13-14-33(43)32(23-29)41-46-25-36(47-41)42(3,37(49)26-48(52)53)28-10-7-9-27(22-28)12-15-38(50)55-5-2/h7,9-10,13-14,16,18,22-25,37,45,49H,4-6,8,11-12,15,17,19-21,26H2,1-3H3,(H,46,47). The molecule has 2 unspecified atom stereocenters. The van der Waals surface area contributed by atoms with Gasteiger partial charge in [0.25, 0.3) is 0 Å². The van der Waals surface area contributed by atoms with Crippen LogP contribution >= 0.6 is 0 Å². The molecule has 0 fully saturated rings. The minimum absolute atomic E-state index is 0.0284. The summed E-state index contributed by atoms with van der Waals surface area (Å²) in [6, 6.07) is 14.0. The molecule has 0 aliphatic carbocycles. The van der Waals surface area contributed by atoms with Crippen molar-refractivity contribution in [2.24, 2.45) is 0 Å². The van der Waals surface area contributed by atoms with E-state index in [1.807, 2.05) is 13.0 Å². The van der Waals surface area contributed by atoms with Crippen molar-refractivity contribution >= 4 is 22.8 Å². The van der Waals surface area contributed by atoms with Gasteiger partial charge in [0.05, 0.1) is 37.2 Å². The average molecular weight is 791 g/mol. The van der Waals surface area contributed by atoms with Gasteiger partial charge in [0.15, 0.2) is 11.6 Å². The fraction of sp³-hybridized carbons (Fsp3) is 0.405. The number of H-pyrrole nitrogens is 2. The average Bonchev–Trinajstić information content (AvgIpc) is 3.87. The first-order valence-corrected chi connectivity index (χ1v) is 19.0. The third-order valence-corrected chi connectivity index (χ3v) is 9.78. The molecule has 15 heteroatoms. The lowest BCUT2D eigenvalue weighted by Gasteiger charge is -2.32. The Labute approximate surface area is 328 Å². The highest BCUT2D eigenvalue weighted by atomic mass is 19.1. The number of imidazole rings is 1. The van der Waals surface area contributed by atoms with Crippen molar-refractivity contribution in [1.82, 2.24) is 15.0 Å². The second-order valence-corrected chi connectivity index (χ2v) is 13.8. The lowest BCUT2D eigenvalue weighted by molar-refractivity contribution is -0.492. The van der Waals surface area contributed by atoms with Crippen molar-refractivity contribution in [1.29, 1.82) is 0 Å². The number of rotatable bonds is 22. The number of aromatic amines is 2. The molecule has 0 saturated heterocycles. The summed E-state index contributed by atoms with van der Waals surface area (Å²) in [7, 11) is 0. The van der Waals surface area contributed by atoms with Crippen LogP contribution in [0, 0.1) is 21.7 Å². The maximum atomic E-state index is 15.7. The highest BCUT2D eigenvalue weighted by Gasteiger charge is 2.41. The van der Waals surface area contributed by atoms with E-state index in [9.17, 15) is 24.8 Å². The molecular weight excluding hydrogens is 742 g/mol. The highest BCUT2D eigenvalue weighted by molar-refractivity contribution is 5.85. The zero-order valence-electron chi connectivity index (χ0n) is 32.3. The molecule has 0 bridgehead atoms. The number of aliphatic hydroxyl groups excluding tert-OH is 1. The number of esters is 2. The van der Waals surface area contributed by atoms with E-state index < -0.39 is 34.6 Å². The molecule has 0 saturated carbocycles. The number of unbranched alkanes of at least 4 members (excludes halogenated alkanes) is 1. The van der Waals surface area contributed by atoms with Crippen LogP contribution in [0.2, 0.25) is 0 Å². The number of carbonyl (C=O) groups excluding carboxylic acids is 2. The summed E-state index contributed by atoms with van der Waals surface area (Å²) in [5.74, 6) is -1.89. The number of aryl methyl sites for hydroxylation is 2. The predicted octanol–water partition coefficient (Wildman–Crippen LogP) is 7.75. The first kappa shape index (κ1) is 42.5. The largest absolute Gasteiger partial charge is 0.466 e. The van der Waals surface area contributed by atoms with E-state index >= 15 is 8.78 Å². The van der Waals surface area contributed by atoms with Crippen LogP contribution in [0.1, 0.15) is 75.3 Å². The number of hydrogen-bond acceptors (Lipinski definition) is 10. The Balaban J connectivity index is 1.38. The maximum Gasteiger partial charge on any atom is 0.308 e. The number of halogens is 2. The highest BCUT2D eigenvalue weighted by Crippen LogP contribution is 2.39. The monoisotopic (exact) mass is 790 g/mol. The summed E-state index contributed by atoms with van der Waals surface area (Å²) in [5.41, 5.74) is 1.20. The Morgan fingerprint density at radius 3 is 2.54 bits per heavy atom. The molecule has 5 rings (SSSR count). The minimum Gasteiger partial charge on any atom is -0.466 e. The number of hydrogen-bond donors (Lipinski definition) is 3. The molecule has 0 spiro atoms. The lowest BCUT2D eigenvalue weighted by Crippen LogP contribution is -2.42. The van der Waals surface area contributed by atoms with Gasteiger partial charge in [0.1, 0.15) is 23.5 Å². The van der Waals surface area contributed by atoms with Gasteiger partial charge in [-0.3, -0.25) is 19.7 Å². The molecule has 3 aromatic carbocycles. The van der Waals surface area contributed by atoms with E-state index in [2.05, 4.69) is 15.0 Å². The van der Waals surface area contributed by atoms with Gasteiger partial charge in [0, 0.05) is 58.6 Å². The van der Waals surface area contributed by atoms with Crippen LogP contribution in [-0.4, -0.2) is 76.0 Å². The molecule has 2 heterocycles. The minimum atomic E-state index is -1.54. The van der Waals surface area contributed by atoms with Crippen molar-refractivity contribution in [3.63, 3.8) is 0 Å². The van der Waals surface area contributed by atoms with Crippen LogP contribution in [0.25, 0.3) is 22.3 Å². The Morgan fingerprint density at radius 2 is 1.77 bits per heavy atom. The molecule has 0 amide bonds. The van der Waals surface area contributed by atoms with Crippen LogP contribution in [0.4, 0.5) is 8.78 Å². The number of ether oxygens (including phenoxy) is 4. The number of nitrogens with one attached hydrogen (secondary N) is 2. The van der Waals surface area contributed by atoms with Gasteiger partial charge in [-0.2, -0.15) is 0 Å². The van der Waals surface area contributed by atoms with Crippen molar-refractivity contribution in [3.05, 3.63) is 111 Å². The molecule has 0 aliphatic rings. The number of nitro groups is 1. The fourth-order valence-corrected chi connectivity index (χ4v) is 6.56. The van der Waals surface area contributed by atoms with Gasteiger partial charge >= 0.3 is 11.9 Å². The van der Waals surface area contributed by atoms with Gasteiger partial charge in [-0.1, -0.05) is 37.6 Å². The summed E-state index contributed by atoms with van der Waals surface area (Å²) in [4.78, 5) is 45.4. The van der Waals surface area contributed by atoms with Gasteiger partial charge in [0.2, 0.25) is 6.54 Å². The fourth-order valence-electron chi connectivity index (χ4n) is 6.56. The molecular formula is C42H48F2N4O9. The number of aromatic nitrogens is 3. The number of nitrogens with zero attached hydrogens (tertiary/aromatic N) is 2. The molecule has 0 radical (unpaired) electrons. The third kappa shape index (κ3) is 10.8. The van der Waals surface area contributed by atoms with Crippen LogP contribution in [0.15, 0.2) is 67.0 Å². The van der Waals surface area contributed by atoms with Gasteiger partial charge in [-0.15, -0.1) is 0 Å². The number of carbonyl (C=O) groups is 2. The molecule has 2 aromatic heterocycles. The summed E-state index contributed by atoms with van der Waals surface area (Å²) in [5, 5.41) is 23.7. The Morgan fingerprint density at radius 1 is 0.965 bits per heavy atom. The van der Waals surface area contributed by atoms with Gasteiger partial charge in [-0.05, 0) is 74.9 Å². The van der Waals surface area contributed by atoms with Crippen LogP contribution in [0.5, 0.6) is 11.5 Å². The summed E-state index contributed by atoms with van der Waals surface area (Å²) < 4.78 is 53.2. The second-order valence-electron chi connectivity index (χ2n) is 13.8. The zero-order valence-corrected chi connectivity index (χ0v) is 32.3. The van der Waals surface area contributed by atoms with E-state index in [1.165, 1.54) is 24.4 Å². The molecule has 3 N–H and O–H groups in total. The van der Waals surface area contributed by atoms with Crippen LogP contribution in [-0.2, 0) is 42.1 Å². The molecule has 2 atom stereocenters. The molecule has 304 valence electrons. The topological polar surface area (TPSA) is 179 Å².